The van der Waals surface area contributed by atoms with Gasteiger partial charge in [0.1, 0.15) is 17.2 Å². The minimum Gasteiger partial charge on any atom is -0.380 e. The Morgan fingerprint density at radius 3 is 2.50 bits per heavy atom. The van der Waals surface area contributed by atoms with Gasteiger partial charge < -0.3 is 19.6 Å². The summed E-state index contributed by atoms with van der Waals surface area (Å²) in [6.45, 7) is 3.27. The maximum atomic E-state index is 11.9. The zero-order valence-corrected chi connectivity index (χ0v) is 15.1. The molecule has 8 nitrogen and oxygen atoms in total. The molecule has 26 heavy (non-hydrogen) atoms. The zero-order chi connectivity index (χ0) is 18.8. The van der Waals surface area contributed by atoms with E-state index in [-0.39, 0.29) is 17.2 Å². The van der Waals surface area contributed by atoms with E-state index in [9.17, 15) is 4.79 Å². The molecule has 10 heteroatoms. The summed E-state index contributed by atoms with van der Waals surface area (Å²) < 4.78 is 9.98. The molecule has 0 spiro atoms. The molecule has 0 radical (unpaired) electrons. The van der Waals surface area contributed by atoms with Crippen molar-refractivity contribution in [3.63, 3.8) is 0 Å². The predicted octanol–water partition coefficient (Wildman–Crippen LogP) is 3.73. The van der Waals surface area contributed by atoms with Crippen molar-refractivity contribution in [2.24, 2.45) is 10.9 Å². The molecule has 0 atom stereocenters. The number of carbonyl (C=O) groups is 1. The molecule has 1 aromatic carbocycles. The summed E-state index contributed by atoms with van der Waals surface area (Å²) >= 11 is 12.4. The largest absolute Gasteiger partial charge is 0.387 e. The number of halogens is 2. The number of hydrogen-bond acceptors (Lipinski definition) is 7. The third-order valence-electron chi connectivity index (χ3n) is 3.38. The molecule has 0 fully saturated rings. The van der Waals surface area contributed by atoms with Crippen LogP contribution >= 0.6 is 23.2 Å². The van der Waals surface area contributed by atoms with Crippen molar-refractivity contribution in [1.29, 1.82) is 0 Å². The summed E-state index contributed by atoms with van der Waals surface area (Å²) in [5.74, 6) is -0.149. The SMILES string of the molecule is Cc1cc(C(=O)O/N=C(/N)c2c(-c3c(Cl)cccc3Cl)noc2C)no1. The van der Waals surface area contributed by atoms with Crippen molar-refractivity contribution in [1.82, 2.24) is 10.3 Å². The average Bonchev–Trinajstić information content (AvgIpc) is 3.18. The zero-order valence-electron chi connectivity index (χ0n) is 13.6. The van der Waals surface area contributed by atoms with Gasteiger partial charge in [-0.3, -0.25) is 0 Å². The van der Waals surface area contributed by atoms with Gasteiger partial charge in [-0.2, -0.15) is 0 Å². The van der Waals surface area contributed by atoms with Crippen LogP contribution in [0.3, 0.4) is 0 Å². The number of nitrogens with zero attached hydrogens (tertiary/aromatic N) is 3. The van der Waals surface area contributed by atoms with E-state index in [1.807, 2.05) is 0 Å². The Balaban J connectivity index is 1.94. The van der Waals surface area contributed by atoms with Gasteiger partial charge in [-0.05, 0) is 26.0 Å². The Kier molecular flexibility index (Phi) is 4.97. The minimum atomic E-state index is -0.823. The van der Waals surface area contributed by atoms with E-state index in [2.05, 4.69) is 15.5 Å². The molecule has 2 heterocycles. The van der Waals surface area contributed by atoms with Crippen LogP contribution in [-0.2, 0) is 4.84 Å². The molecule has 0 saturated carbocycles. The molecular weight excluding hydrogens is 383 g/mol. The molecule has 2 N–H and O–H groups in total. The number of benzene rings is 1. The molecule has 0 aliphatic heterocycles. The average molecular weight is 395 g/mol. The fourth-order valence-electron chi connectivity index (χ4n) is 2.21. The van der Waals surface area contributed by atoms with Gasteiger partial charge in [-0.15, -0.1) is 0 Å². The summed E-state index contributed by atoms with van der Waals surface area (Å²) in [4.78, 5) is 16.7. The third kappa shape index (κ3) is 3.42. The molecule has 0 unspecified atom stereocenters. The number of hydrogen-bond donors (Lipinski definition) is 1. The van der Waals surface area contributed by atoms with Gasteiger partial charge in [0.25, 0.3) is 0 Å². The van der Waals surface area contributed by atoms with Gasteiger partial charge in [0, 0.05) is 11.6 Å². The minimum absolute atomic E-state index is 0.0320. The van der Waals surface area contributed by atoms with Crippen LogP contribution in [0.5, 0.6) is 0 Å². The molecule has 0 aliphatic carbocycles. The van der Waals surface area contributed by atoms with Crippen molar-refractivity contribution < 1.29 is 18.7 Å². The van der Waals surface area contributed by atoms with Gasteiger partial charge in [-0.1, -0.05) is 44.7 Å². The second kappa shape index (κ2) is 7.19. The molecule has 0 bridgehead atoms. The molecule has 3 aromatic rings. The van der Waals surface area contributed by atoms with Crippen LogP contribution in [0.2, 0.25) is 10.0 Å². The highest BCUT2D eigenvalue weighted by atomic mass is 35.5. The Labute approximate surface area is 157 Å². The van der Waals surface area contributed by atoms with Crippen LogP contribution in [0.15, 0.2) is 38.5 Å². The van der Waals surface area contributed by atoms with E-state index in [1.165, 1.54) is 6.07 Å². The van der Waals surface area contributed by atoms with Crippen molar-refractivity contribution in [3.05, 3.63) is 57.1 Å². The topological polar surface area (TPSA) is 117 Å². The van der Waals surface area contributed by atoms with E-state index < -0.39 is 5.97 Å². The highest BCUT2D eigenvalue weighted by Crippen LogP contribution is 2.36. The van der Waals surface area contributed by atoms with Gasteiger partial charge in [0.05, 0.1) is 15.6 Å². The van der Waals surface area contributed by atoms with Gasteiger partial charge in [0.15, 0.2) is 11.5 Å². The first kappa shape index (κ1) is 18.0. The molecule has 0 saturated heterocycles. The summed E-state index contributed by atoms with van der Waals surface area (Å²) in [5.41, 5.74) is 6.95. The number of aromatic nitrogens is 2. The molecule has 0 aliphatic rings. The Bertz CT molecular complexity index is 989. The first-order valence-corrected chi connectivity index (χ1v) is 8.03. The molecule has 0 amide bonds. The number of rotatable bonds is 4. The van der Waals surface area contributed by atoms with Gasteiger partial charge in [0.2, 0.25) is 0 Å². The molecule has 2 aromatic heterocycles. The lowest BCUT2D eigenvalue weighted by Crippen LogP contribution is -2.17. The number of aryl methyl sites for hydroxylation is 2. The lowest BCUT2D eigenvalue weighted by Gasteiger charge is -2.06. The molecule has 134 valence electrons. The monoisotopic (exact) mass is 394 g/mol. The number of nitrogens with two attached hydrogens (primary N) is 1. The first-order valence-electron chi connectivity index (χ1n) is 7.27. The second-order valence-corrected chi connectivity index (χ2v) is 6.05. The Morgan fingerprint density at radius 2 is 1.88 bits per heavy atom. The molecule has 3 rings (SSSR count). The van der Waals surface area contributed by atoms with Gasteiger partial charge >= 0.3 is 5.97 Å². The summed E-state index contributed by atoms with van der Waals surface area (Å²) in [5, 5.41) is 11.8. The lowest BCUT2D eigenvalue weighted by atomic mass is 10.1. The fourth-order valence-corrected chi connectivity index (χ4v) is 2.79. The van der Waals surface area contributed by atoms with Crippen molar-refractivity contribution in [2.45, 2.75) is 13.8 Å². The third-order valence-corrected chi connectivity index (χ3v) is 4.01. The van der Waals surface area contributed by atoms with Crippen LogP contribution in [0, 0.1) is 13.8 Å². The first-order chi connectivity index (χ1) is 12.4. The van der Waals surface area contributed by atoms with Gasteiger partial charge in [-0.25, -0.2) is 4.79 Å². The number of carbonyl (C=O) groups excluding carboxylic acids is 1. The molecular formula is C16H12Cl2N4O4. The Hall–Kier alpha value is -2.84. The van der Waals surface area contributed by atoms with Crippen molar-refractivity contribution in [3.8, 4) is 11.3 Å². The van der Waals surface area contributed by atoms with E-state index in [1.54, 1.807) is 32.0 Å². The van der Waals surface area contributed by atoms with Crippen LogP contribution in [-0.4, -0.2) is 22.1 Å². The lowest BCUT2D eigenvalue weighted by molar-refractivity contribution is 0.0504. The van der Waals surface area contributed by atoms with E-state index in [0.717, 1.165) is 0 Å². The van der Waals surface area contributed by atoms with E-state index in [4.69, 9.17) is 42.8 Å². The summed E-state index contributed by atoms with van der Waals surface area (Å²) in [7, 11) is 0. The van der Waals surface area contributed by atoms with E-state index in [0.29, 0.717) is 32.7 Å². The Morgan fingerprint density at radius 1 is 1.19 bits per heavy atom. The second-order valence-electron chi connectivity index (χ2n) is 5.24. The highest BCUT2D eigenvalue weighted by Gasteiger charge is 2.23. The van der Waals surface area contributed by atoms with Crippen LogP contribution in [0.1, 0.15) is 27.6 Å². The maximum absolute atomic E-state index is 11.9. The van der Waals surface area contributed by atoms with Crippen LogP contribution in [0.25, 0.3) is 11.3 Å². The standard InChI is InChI=1S/C16H12Cl2N4O4/c1-7-6-11(20-24-7)16(23)26-22-15(19)12-8(2)25-21-14(12)13-9(17)4-3-5-10(13)18/h3-6H,1-2H3,(H2,19,22). The fraction of sp³-hybridized carbons (Fsp3) is 0.125. The van der Waals surface area contributed by atoms with Crippen molar-refractivity contribution >= 4 is 35.0 Å². The van der Waals surface area contributed by atoms with Crippen LogP contribution < -0.4 is 5.73 Å². The number of amidine groups is 1. The summed E-state index contributed by atoms with van der Waals surface area (Å²) in [6.07, 6.45) is 0. The van der Waals surface area contributed by atoms with Crippen LogP contribution in [0.4, 0.5) is 0 Å². The quantitative estimate of drug-likeness (QED) is 0.310. The number of oxime groups is 1. The van der Waals surface area contributed by atoms with E-state index >= 15 is 0 Å². The normalized spacial score (nSPS) is 11.6. The highest BCUT2D eigenvalue weighted by molar-refractivity contribution is 6.39. The smallest absolute Gasteiger partial charge is 0.380 e. The summed E-state index contributed by atoms with van der Waals surface area (Å²) in [6, 6.07) is 6.40. The predicted molar refractivity (Wildman–Crippen MR) is 94.1 cm³/mol. The maximum Gasteiger partial charge on any atom is 0.387 e. The van der Waals surface area contributed by atoms with Crippen molar-refractivity contribution in [2.75, 3.05) is 0 Å².